The number of benzene rings is 1. The van der Waals surface area contributed by atoms with Gasteiger partial charge in [0.05, 0.1) is 12.6 Å². The monoisotopic (exact) mass is 309 g/mol. The summed E-state index contributed by atoms with van der Waals surface area (Å²) in [4.78, 5) is 27.6. The molecule has 1 atom stereocenters. The zero-order valence-corrected chi connectivity index (χ0v) is 13.6. The maximum absolute atomic E-state index is 13.1. The Morgan fingerprint density at radius 3 is 2.45 bits per heavy atom. The lowest BCUT2D eigenvalue weighted by Crippen LogP contribution is -2.46. The van der Waals surface area contributed by atoms with Gasteiger partial charge in [0.2, 0.25) is 11.8 Å². The number of rotatable bonds is 7. The summed E-state index contributed by atoms with van der Waals surface area (Å²) >= 11 is 0. The SMILES string of the molecule is CCN(CC)C(=O)CN(C)C(C)C(=O)Nc1cccc(F)c1. The van der Waals surface area contributed by atoms with E-state index in [0.717, 1.165) is 0 Å². The Kier molecular flexibility index (Phi) is 6.98. The summed E-state index contributed by atoms with van der Waals surface area (Å²) in [6.45, 7) is 7.01. The van der Waals surface area contributed by atoms with Crippen molar-refractivity contribution in [3.05, 3.63) is 30.1 Å². The van der Waals surface area contributed by atoms with Gasteiger partial charge in [-0.15, -0.1) is 0 Å². The van der Waals surface area contributed by atoms with Crippen LogP contribution in [0.2, 0.25) is 0 Å². The number of nitrogens with one attached hydrogen (secondary N) is 1. The van der Waals surface area contributed by atoms with Crippen molar-refractivity contribution in [1.82, 2.24) is 9.80 Å². The highest BCUT2D eigenvalue weighted by Gasteiger charge is 2.21. The zero-order chi connectivity index (χ0) is 16.7. The molecule has 0 bridgehead atoms. The van der Waals surface area contributed by atoms with Crippen LogP contribution in [0.3, 0.4) is 0 Å². The number of hydrogen-bond donors (Lipinski definition) is 1. The van der Waals surface area contributed by atoms with Crippen molar-refractivity contribution in [1.29, 1.82) is 0 Å². The molecule has 122 valence electrons. The van der Waals surface area contributed by atoms with Gasteiger partial charge in [0, 0.05) is 18.8 Å². The van der Waals surface area contributed by atoms with Crippen molar-refractivity contribution in [2.24, 2.45) is 0 Å². The Morgan fingerprint density at radius 1 is 1.27 bits per heavy atom. The average Bonchev–Trinajstić information content (AvgIpc) is 2.47. The minimum absolute atomic E-state index is 0.0158. The molecule has 1 aromatic rings. The summed E-state index contributed by atoms with van der Waals surface area (Å²) in [7, 11) is 1.72. The third-order valence-electron chi connectivity index (χ3n) is 3.63. The molecular weight excluding hydrogens is 285 g/mol. The molecule has 1 rings (SSSR count). The number of carbonyl (C=O) groups is 2. The minimum atomic E-state index is -0.497. The average molecular weight is 309 g/mol. The number of anilines is 1. The van der Waals surface area contributed by atoms with Gasteiger partial charge in [-0.3, -0.25) is 14.5 Å². The van der Waals surface area contributed by atoms with Crippen LogP contribution >= 0.6 is 0 Å². The normalized spacial score (nSPS) is 12.1. The highest BCUT2D eigenvalue weighted by atomic mass is 19.1. The van der Waals surface area contributed by atoms with Gasteiger partial charge < -0.3 is 10.2 Å². The van der Waals surface area contributed by atoms with E-state index >= 15 is 0 Å². The number of hydrogen-bond acceptors (Lipinski definition) is 3. The van der Waals surface area contributed by atoms with E-state index in [1.807, 2.05) is 13.8 Å². The molecule has 22 heavy (non-hydrogen) atoms. The Labute approximate surface area is 131 Å². The van der Waals surface area contributed by atoms with Crippen LogP contribution in [0.5, 0.6) is 0 Å². The fraction of sp³-hybridized carbons (Fsp3) is 0.500. The topological polar surface area (TPSA) is 52.7 Å². The van der Waals surface area contributed by atoms with Gasteiger partial charge in [0.1, 0.15) is 5.82 Å². The molecular formula is C16H24FN3O2. The third-order valence-corrected chi connectivity index (χ3v) is 3.63. The van der Waals surface area contributed by atoms with Gasteiger partial charge in [0.25, 0.3) is 0 Å². The van der Waals surface area contributed by atoms with Crippen molar-refractivity contribution in [3.63, 3.8) is 0 Å². The molecule has 0 fully saturated rings. The van der Waals surface area contributed by atoms with Crippen molar-refractivity contribution in [2.45, 2.75) is 26.8 Å². The van der Waals surface area contributed by atoms with Crippen LogP contribution in [0.25, 0.3) is 0 Å². The van der Waals surface area contributed by atoms with E-state index in [9.17, 15) is 14.0 Å². The maximum atomic E-state index is 13.1. The first-order valence-corrected chi connectivity index (χ1v) is 7.43. The number of likely N-dealkylation sites (N-methyl/N-ethyl adjacent to an activating group) is 2. The summed E-state index contributed by atoms with van der Waals surface area (Å²) in [6, 6.07) is 5.22. The van der Waals surface area contributed by atoms with E-state index < -0.39 is 11.9 Å². The molecule has 0 aliphatic carbocycles. The molecule has 1 aromatic carbocycles. The Balaban J connectivity index is 2.60. The van der Waals surface area contributed by atoms with Crippen LogP contribution in [-0.2, 0) is 9.59 Å². The number of nitrogens with zero attached hydrogens (tertiary/aromatic N) is 2. The Hall–Kier alpha value is -1.95. The van der Waals surface area contributed by atoms with E-state index in [-0.39, 0.29) is 18.4 Å². The van der Waals surface area contributed by atoms with Crippen LogP contribution < -0.4 is 5.32 Å². The molecule has 6 heteroatoms. The van der Waals surface area contributed by atoms with Crippen LogP contribution in [0, 0.1) is 5.82 Å². The molecule has 0 aliphatic heterocycles. The largest absolute Gasteiger partial charge is 0.342 e. The van der Waals surface area contributed by atoms with E-state index in [0.29, 0.717) is 18.8 Å². The fourth-order valence-electron chi connectivity index (χ4n) is 2.04. The standard InChI is InChI=1S/C16H24FN3O2/c1-5-20(6-2)15(21)11-19(4)12(3)16(22)18-14-9-7-8-13(17)10-14/h7-10,12H,5-6,11H2,1-4H3,(H,18,22). The van der Waals surface area contributed by atoms with Gasteiger partial charge in [-0.1, -0.05) is 6.07 Å². The number of amides is 2. The predicted octanol–water partition coefficient (Wildman–Crippen LogP) is 1.95. The lowest BCUT2D eigenvalue weighted by molar-refractivity contribution is -0.133. The van der Waals surface area contributed by atoms with Crippen molar-refractivity contribution < 1.29 is 14.0 Å². The van der Waals surface area contributed by atoms with E-state index in [1.54, 1.807) is 29.8 Å². The smallest absolute Gasteiger partial charge is 0.241 e. The van der Waals surface area contributed by atoms with E-state index in [1.165, 1.54) is 18.2 Å². The molecule has 1 unspecified atom stereocenters. The Bertz CT molecular complexity index is 518. The minimum Gasteiger partial charge on any atom is -0.342 e. The molecule has 1 N–H and O–H groups in total. The molecule has 0 saturated carbocycles. The molecule has 0 saturated heterocycles. The van der Waals surface area contributed by atoms with Gasteiger partial charge in [-0.05, 0) is 46.0 Å². The summed E-state index contributed by atoms with van der Waals surface area (Å²) in [5.74, 6) is -0.700. The first kappa shape index (κ1) is 18.1. The van der Waals surface area contributed by atoms with E-state index in [4.69, 9.17) is 0 Å². The summed E-state index contributed by atoms with van der Waals surface area (Å²) in [6.07, 6.45) is 0. The van der Waals surface area contributed by atoms with Crippen molar-refractivity contribution >= 4 is 17.5 Å². The van der Waals surface area contributed by atoms with E-state index in [2.05, 4.69) is 5.32 Å². The zero-order valence-electron chi connectivity index (χ0n) is 13.6. The van der Waals surface area contributed by atoms with Crippen LogP contribution in [0.4, 0.5) is 10.1 Å². The Morgan fingerprint density at radius 2 is 1.91 bits per heavy atom. The lowest BCUT2D eigenvalue weighted by Gasteiger charge is -2.26. The molecule has 0 heterocycles. The predicted molar refractivity (Wildman–Crippen MR) is 85.0 cm³/mol. The van der Waals surface area contributed by atoms with Crippen LogP contribution in [0.15, 0.2) is 24.3 Å². The van der Waals surface area contributed by atoms with Crippen LogP contribution in [-0.4, -0.2) is 54.3 Å². The maximum Gasteiger partial charge on any atom is 0.241 e. The third kappa shape index (κ3) is 5.11. The second kappa shape index (κ2) is 8.48. The van der Waals surface area contributed by atoms with Gasteiger partial charge in [0.15, 0.2) is 0 Å². The highest BCUT2D eigenvalue weighted by molar-refractivity contribution is 5.94. The number of halogens is 1. The quantitative estimate of drug-likeness (QED) is 0.837. The molecule has 0 spiro atoms. The van der Waals surface area contributed by atoms with Crippen molar-refractivity contribution in [3.8, 4) is 0 Å². The first-order chi connectivity index (χ1) is 10.4. The summed E-state index contributed by atoms with van der Waals surface area (Å²) in [5, 5.41) is 2.65. The highest BCUT2D eigenvalue weighted by Crippen LogP contribution is 2.10. The molecule has 0 aliphatic rings. The molecule has 0 radical (unpaired) electrons. The van der Waals surface area contributed by atoms with Crippen molar-refractivity contribution in [2.75, 3.05) is 32.0 Å². The molecule has 5 nitrogen and oxygen atoms in total. The number of carbonyl (C=O) groups excluding carboxylic acids is 2. The second-order valence-electron chi connectivity index (χ2n) is 5.16. The second-order valence-corrected chi connectivity index (χ2v) is 5.16. The fourth-order valence-corrected chi connectivity index (χ4v) is 2.04. The van der Waals surface area contributed by atoms with Gasteiger partial charge >= 0.3 is 0 Å². The first-order valence-electron chi connectivity index (χ1n) is 7.43. The summed E-state index contributed by atoms with van der Waals surface area (Å²) < 4.78 is 13.1. The summed E-state index contributed by atoms with van der Waals surface area (Å²) in [5.41, 5.74) is 0.403. The lowest BCUT2D eigenvalue weighted by atomic mass is 10.2. The molecule has 0 aromatic heterocycles. The van der Waals surface area contributed by atoms with Crippen LogP contribution in [0.1, 0.15) is 20.8 Å². The molecule has 2 amide bonds. The van der Waals surface area contributed by atoms with Gasteiger partial charge in [-0.2, -0.15) is 0 Å². The van der Waals surface area contributed by atoms with Gasteiger partial charge in [-0.25, -0.2) is 4.39 Å².